The number of allylic oxidation sites excluding steroid dienone is 10. The van der Waals surface area contributed by atoms with Crippen LogP contribution in [0, 0.1) is 0 Å². The first-order valence-corrected chi connectivity index (χ1v) is 29.8. The number of carbonyl (C=O) groups is 3. The Hall–Kier alpha value is -2.89. The molecule has 0 amide bonds. The van der Waals surface area contributed by atoms with Gasteiger partial charge in [-0.1, -0.05) is 281 Å². The predicted octanol–water partition coefficient (Wildman–Crippen LogP) is 20.0. The lowest BCUT2D eigenvalue weighted by Crippen LogP contribution is -2.30. The first-order chi connectivity index (χ1) is 34.0. The lowest BCUT2D eigenvalue weighted by Gasteiger charge is -2.18. The second kappa shape index (κ2) is 57.7. The Morgan fingerprint density at radius 3 is 0.884 bits per heavy atom. The van der Waals surface area contributed by atoms with Gasteiger partial charge in [-0.2, -0.15) is 0 Å². The molecule has 0 rings (SSSR count). The fourth-order valence-corrected chi connectivity index (χ4v) is 8.59. The summed E-state index contributed by atoms with van der Waals surface area (Å²) in [6.45, 7) is 6.50. The standard InChI is InChI=1S/C63H112O6/c1-4-7-10-13-16-18-20-22-24-26-28-30-31-33-34-36-38-40-42-44-47-50-53-56-62(65)68-59-60(58-67-61(64)55-52-49-46-15-12-9-6-3)69-63(66)57-54-51-48-45-43-41-39-37-35-32-29-27-25-23-21-19-17-14-11-8-5-2/h8,11,17,19,23,25,29,32,37,39,60H,4-7,9-10,12-16,18,20-22,24,26-28,30-31,33-36,38,40-59H2,1-3H3/b11-8-,19-17-,25-23-,32-29-,39-37-. The molecule has 69 heavy (non-hydrogen) atoms. The Morgan fingerprint density at radius 2 is 0.565 bits per heavy atom. The number of carbonyl (C=O) groups excluding carboxylic acids is 3. The molecule has 0 fully saturated rings. The Kier molecular flexibility index (Phi) is 55.3. The molecule has 6 heteroatoms. The lowest BCUT2D eigenvalue weighted by molar-refractivity contribution is -0.167. The third-order valence-corrected chi connectivity index (χ3v) is 13.0. The van der Waals surface area contributed by atoms with Crippen molar-refractivity contribution in [1.29, 1.82) is 0 Å². The van der Waals surface area contributed by atoms with Crippen LogP contribution in [-0.2, 0) is 28.6 Å². The zero-order valence-electron chi connectivity index (χ0n) is 45.8. The SMILES string of the molecule is CC/C=C\C/C=C\C/C=C\C/C=C\C/C=C\CCCCCCCC(=O)OC(COC(=O)CCCCCCCCC)COC(=O)CCCCCCCCCCCCCCCCCCCCCCCCC. The van der Waals surface area contributed by atoms with Crippen LogP contribution in [0.4, 0.5) is 0 Å². The summed E-state index contributed by atoms with van der Waals surface area (Å²) < 4.78 is 16.8. The van der Waals surface area contributed by atoms with Crippen LogP contribution < -0.4 is 0 Å². The summed E-state index contributed by atoms with van der Waals surface area (Å²) in [5.41, 5.74) is 0. The van der Waals surface area contributed by atoms with E-state index in [2.05, 4.69) is 81.5 Å². The Labute approximate surface area is 428 Å². The van der Waals surface area contributed by atoms with Crippen LogP contribution in [0.1, 0.15) is 303 Å². The molecule has 0 aliphatic rings. The second-order valence-corrected chi connectivity index (χ2v) is 19.9. The number of hydrogen-bond acceptors (Lipinski definition) is 6. The highest BCUT2D eigenvalue weighted by atomic mass is 16.6. The normalized spacial score (nSPS) is 12.4. The van der Waals surface area contributed by atoms with Gasteiger partial charge in [-0.25, -0.2) is 0 Å². The fourth-order valence-electron chi connectivity index (χ4n) is 8.59. The van der Waals surface area contributed by atoms with Crippen molar-refractivity contribution in [3.63, 3.8) is 0 Å². The van der Waals surface area contributed by atoms with Gasteiger partial charge in [0.2, 0.25) is 0 Å². The van der Waals surface area contributed by atoms with Crippen LogP contribution in [0.15, 0.2) is 60.8 Å². The molecule has 0 aromatic rings. The summed E-state index contributed by atoms with van der Waals surface area (Å²) in [5.74, 6) is -0.892. The van der Waals surface area contributed by atoms with Gasteiger partial charge in [0.25, 0.3) is 0 Å². The minimum atomic E-state index is -0.780. The third-order valence-electron chi connectivity index (χ3n) is 13.0. The monoisotopic (exact) mass is 965 g/mol. The lowest BCUT2D eigenvalue weighted by atomic mass is 10.0. The summed E-state index contributed by atoms with van der Waals surface area (Å²) in [7, 11) is 0. The van der Waals surface area contributed by atoms with Crippen molar-refractivity contribution in [2.75, 3.05) is 13.2 Å². The Balaban J connectivity index is 4.18. The molecule has 400 valence electrons. The van der Waals surface area contributed by atoms with E-state index in [4.69, 9.17) is 14.2 Å². The summed E-state index contributed by atoms with van der Waals surface area (Å²) >= 11 is 0. The molecule has 0 aromatic heterocycles. The van der Waals surface area contributed by atoms with Crippen molar-refractivity contribution in [1.82, 2.24) is 0 Å². The number of esters is 3. The molecule has 0 N–H and O–H groups in total. The number of ether oxygens (including phenoxy) is 3. The van der Waals surface area contributed by atoms with Gasteiger partial charge in [-0.15, -0.1) is 0 Å². The van der Waals surface area contributed by atoms with E-state index in [1.165, 1.54) is 154 Å². The van der Waals surface area contributed by atoms with Gasteiger partial charge in [-0.3, -0.25) is 14.4 Å². The summed E-state index contributed by atoms with van der Waals surface area (Å²) in [5, 5.41) is 0. The Morgan fingerprint density at radius 1 is 0.304 bits per heavy atom. The van der Waals surface area contributed by atoms with E-state index in [1.54, 1.807) is 0 Å². The van der Waals surface area contributed by atoms with E-state index in [1.807, 2.05) is 0 Å². The van der Waals surface area contributed by atoms with Gasteiger partial charge in [0.1, 0.15) is 13.2 Å². The van der Waals surface area contributed by atoms with E-state index < -0.39 is 6.10 Å². The molecule has 1 atom stereocenters. The molecule has 0 aromatic carbocycles. The molecule has 6 nitrogen and oxygen atoms in total. The van der Waals surface area contributed by atoms with Gasteiger partial charge in [0, 0.05) is 19.3 Å². The van der Waals surface area contributed by atoms with Gasteiger partial charge in [0.05, 0.1) is 0 Å². The van der Waals surface area contributed by atoms with Crippen molar-refractivity contribution >= 4 is 17.9 Å². The molecule has 0 aliphatic heterocycles. The van der Waals surface area contributed by atoms with Crippen LogP contribution in [0.2, 0.25) is 0 Å². The van der Waals surface area contributed by atoms with Crippen molar-refractivity contribution in [3.05, 3.63) is 60.8 Å². The van der Waals surface area contributed by atoms with Gasteiger partial charge in [-0.05, 0) is 64.2 Å². The molecule has 0 aliphatic carbocycles. The minimum absolute atomic E-state index is 0.0789. The van der Waals surface area contributed by atoms with Crippen LogP contribution in [-0.4, -0.2) is 37.2 Å². The number of rotatable bonds is 54. The summed E-state index contributed by atoms with van der Waals surface area (Å²) in [6.07, 6.45) is 72.4. The highest BCUT2D eigenvalue weighted by Gasteiger charge is 2.19. The number of unbranched alkanes of at least 4 members (excludes halogenated alkanes) is 33. The van der Waals surface area contributed by atoms with Crippen molar-refractivity contribution < 1.29 is 28.6 Å². The van der Waals surface area contributed by atoms with Gasteiger partial charge < -0.3 is 14.2 Å². The smallest absolute Gasteiger partial charge is 0.306 e. The molecular weight excluding hydrogens is 853 g/mol. The molecule has 0 spiro atoms. The minimum Gasteiger partial charge on any atom is -0.462 e. The second-order valence-electron chi connectivity index (χ2n) is 19.9. The van der Waals surface area contributed by atoms with Crippen molar-refractivity contribution in [2.45, 2.75) is 309 Å². The Bertz CT molecular complexity index is 1250. The molecule has 0 saturated heterocycles. The zero-order chi connectivity index (χ0) is 50.0. The van der Waals surface area contributed by atoms with Crippen LogP contribution in [0.3, 0.4) is 0 Å². The van der Waals surface area contributed by atoms with Crippen LogP contribution in [0.5, 0.6) is 0 Å². The maximum absolute atomic E-state index is 12.8. The third kappa shape index (κ3) is 55.9. The molecule has 1 unspecified atom stereocenters. The molecule has 0 bridgehead atoms. The van der Waals surface area contributed by atoms with E-state index >= 15 is 0 Å². The number of hydrogen-bond donors (Lipinski definition) is 0. The largest absolute Gasteiger partial charge is 0.462 e. The highest BCUT2D eigenvalue weighted by molar-refractivity contribution is 5.71. The molecule has 0 saturated carbocycles. The van der Waals surface area contributed by atoms with E-state index in [-0.39, 0.29) is 31.1 Å². The maximum Gasteiger partial charge on any atom is 0.306 e. The first-order valence-electron chi connectivity index (χ1n) is 29.8. The van der Waals surface area contributed by atoms with Gasteiger partial charge in [0.15, 0.2) is 6.10 Å². The van der Waals surface area contributed by atoms with E-state index in [9.17, 15) is 14.4 Å². The zero-order valence-corrected chi connectivity index (χ0v) is 45.8. The average Bonchev–Trinajstić information content (AvgIpc) is 3.35. The van der Waals surface area contributed by atoms with Crippen molar-refractivity contribution in [3.8, 4) is 0 Å². The highest BCUT2D eigenvalue weighted by Crippen LogP contribution is 2.17. The average molecular weight is 966 g/mol. The maximum atomic E-state index is 12.8. The van der Waals surface area contributed by atoms with Crippen LogP contribution >= 0.6 is 0 Å². The summed E-state index contributed by atoms with van der Waals surface area (Å²) in [4.78, 5) is 38.0. The van der Waals surface area contributed by atoms with Crippen molar-refractivity contribution in [2.24, 2.45) is 0 Å². The first kappa shape index (κ1) is 66.1. The molecule has 0 radical (unpaired) electrons. The van der Waals surface area contributed by atoms with E-state index in [0.717, 1.165) is 109 Å². The fraction of sp³-hybridized carbons (Fsp3) is 0.794. The molecular formula is C63H112O6. The topological polar surface area (TPSA) is 78.9 Å². The van der Waals surface area contributed by atoms with E-state index in [0.29, 0.717) is 19.3 Å². The van der Waals surface area contributed by atoms with Crippen LogP contribution in [0.25, 0.3) is 0 Å². The molecule has 0 heterocycles. The summed E-state index contributed by atoms with van der Waals surface area (Å²) in [6, 6.07) is 0. The quantitative estimate of drug-likeness (QED) is 0.0262. The van der Waals surface area contributed by atoms with Gasteiger partial charge >= 0.3 is 17.9 Å². The predicted molar refractivity (Wildman–Crippen MR) is 298 cm³/mol.